The number of carbonyl (C=O) groups is 1. The number of hydrogen-bond donors (Lipinski definition) is 1. The van der Waals surface area contributed by atoms with Crippen molar-refractivity contribution in [2.24, 2.45) is 10.1 Å². The van der Waals surface area contributed by atoms with Crippen LogP contribution in [0, 0.1) is 12.7 Å². The zero-order valence-corrected chi connectivity index (χ0v) is 17.1. The Bertz CT molecular complexity index is 1080. The van der Waals surface area contributed by atoms with Crippen LogP contribution in [0.25, 0.3) is 0 Å². The summed E-state index contributed by atoms with van der Waals surface area (Å²) in [5.41, 5.74) is 2.31. The number of aliphatic imine (C=N–C) groups is 1. The highest BCUT2D eigenvalue weighted by atomic mass is 19.1. The van der Waals surface area contributed by atoms with E-state index in [0.29, 0.717) is 5.56 Å². The molecule has 7 nitrogen and oxygen atoms in total. The molecule has 0 radical (unpaired) electrons. The smallest absolute Gasteiger partial charge is 0.253 e. The number of benzene rings is 1. The average molecular weight is 418 g/mol. The van der Waals surface area contributed by atoms with Crippen LogP contribution in [-0.2, 0) is 0 Å². The first kappa shape index (κ1) is 19.4. The molecule has 8 heteroatoms. The summed E-state index contributed by atoms with van der Waals surface area (Å²) in [4.78, 5) is 23.9. The maximum Gasteiger partial charge on any atom is 0.253 e. The maximum atomic E-state index is 13.8. The molecular formula is C23H23FN6O. The molecule has 31 heavy (non-hydrogen) atoms. The van der Waals surface area contributed by atoms with Gasteiger partial charge in [-0.05, 0) is 55.7 Å². The van der Waals surface area contributed by atoms with Crippen molar-refractivity contribution in [1.82, 2.24) is 20.2 Å². The van der Waals surface area contributed by atoms with Gasteiger partial charge in [0.15, 0.2) is 6.17 Å². The lowest BCUT2D eigenvalue weighted by Crippen LogP contribution is -2.47. The van der Waals surface area contributed by atoms with Crippen molar-refractivity contribution in [2.75, 3.05) is 6.54 Å². The van der Waals surface area contributed by atoms with Gasteiger partial charge in [0.25, 0.3) is 5.91 Å². The van der Waals surface area contributed by atoms with Gasteiger partial charge in [-0.2, -0.15) is 5.10 Å². The number of nitrogens with one attached hydrogen (secondary N) is 1. The van der Waals surface area contributed by atoms with Crippen molar-refractivity contribution < 1.29 is 9.18 Å². The third-order valence-corrected chi connectivity index (χ3v) is 5.85. The van der Waals surface area contributed by atoms with E-state index < -0.39 is 0 Å². The third-order valence-electron chi connectivity index (χ3n) is 5.85. The molecule has 1 saturated heterocycles. The van der Waals surface area contributed by atoms with E-state index in [4.69, 9.17) is 4.99 Å². The number of likely N-dealkylation sites (tertiary alicyclic amines) is 1. The molecule has 3 aliphatic rings. The summed E-state index contributed by atoms with van der Waals surface area (Å²) >= 11 is 0. The summed E-state index contributed by atoms with van der Waals surface area (Å²) in [5, 5.41) is 9.11. The van der Waals surface area contributed by atoms with Crippen LogP contribution in [0.3, 0.4) is 0 Å². The Kier molecular flexibility index (Phi) is 4.97. The molecule has 4 heterocycles. The Morgan fingerprint density at radius 3 is 2.97 bits per heavy atom. The molecule has 1 amide bonds. The number of pyridine rings is 1. The van der Waals surface area contributed by atoms with E-state index in [1.54, 1.807) is 35.6 Å². The second-order valence-corrected chi connectivity index (χ2v) is 7.96. The van der Waals surface area contributed by atoms with E-state index >= 15 is 0 Å². The molecule has 0 spiro atoms. The highest BCUT2D eigenvalue weighted by molar-refractivity contribution is 5.97. The van der Waals surface area contributed by atoms with Crippen LogP contribution in [0.4, 0.5) is 4.39 Å². The Hall–Kier alpha value is -3.55. The Morgan fingerprint density at radius 2 is 2.16 bits per heavy atom. The van der Waals surface area contributed by atoms with E-state index in [0.717, 1.165) is 36.5 Å². The third kappa shape index (κ3) is 3.81. The quantitative estimate of drug-likeness (QED) is 0.832. The first-order valence-electron chi connectivity index (χ1n) is 10.4. The number of carbonyl (C=O) groups excluding carboxylic acids is 1. The SMILES string of the molecule is Cc1ccc(C(=O)NC2C=NN3C=CC(N4CCC[C@@H]4c4cccc(F)c4)=NC23)cn1. The predicted octanol–water partition coefficient (Wildman–Crippen LogP) is 3.02. The molecule has 0 aliphatic carbocycles. The summed E-state index contributed by atoms with van der Waals surface area (Å²) in [7, 11) is 0. The fourth-order valence-electron chi connectivity index (χ4n) is 4.27. The number of amidine groups is 1. The topological polar surface area (TPSA) is 73.2 Å². The van der Waals surface area contributed by atoms with E-state index in [-0.39, 0.29) is 30.0 Å². The average Bonchev–Trinajstić information content (AvgIpc) is 3.41. The van der Waals surface area contributed by atoms with Crippen molar-refractivity contribution in [3.8, 4) is 0 Å². The van der Waals surface area contributed by atoms with E-state index in [2.05, 4.69) is 20.3 Å². The minimum absolute atomic E-state index is 0.0830. The molecule has 3 aliphatic heterocycles. The fraction of sp³-hybridized carbons (Fsp3) is 0.304. The van der Waals surface area contributed by atoms with Gasteiger partial charge in [-0.3, -0.25) is 9.78 Å². The van der Waals surface area contributed by atoms with Crippen molar-refractivity contribution >= 4 is 18.0 Å². The molecule has 5 rings (SSSR count). The summed E-state index contributed by atoms with van der Waals surface area (Å²) in [6.45, 7) is 2.73. The normalized spacial score (nSPS) is 24.3. The van der Waals surface area contributed by atoms with Crippen LogP contribution in [0.5, 0.6) is 0 Å². The molecule has 2 unspecified atom stereocenters. The molecule has 0 bridgehead atoms. The van der Waals surface area contributed by atoms with Crippen LogP contribution in [0.15, 0.2) is 65.0 Å². The highest BCUT2D eigenvalue weighted by Crippen LogP contribution is 2.34. The monoisotopic (exact) mass is 418 g/mol. The van der Waals surface area contributed by atoms with Crippen molar-refractivity contribution in [2.45, 2.75) is 38.0 Å². The molecule has 1 aromatic carbocycles. The lowest BCUT2D eigenvalue weighted by atomic mass is 10.0. The van der Waals surface area contributed by atoms with Gasteiger partial charge in [0.05, 0.1) is 17.8 Å². The standard InChI is InChI=1S/C23H23FN6O/c1-15-7-8-17(13-25-15)23(31)27-19-14-26-30-11-9-21(28-22(19)30)29-10-3-6-20(29)16-4-2-5-18(24)12-16/h2,4-5,7-9,11-14,19-20,22H,3,6,10H2,1H3,(H,27,31)/t19?,20-,22?/m1/s1. The summed E-state index contributed by atoms with van der Waals surface area (Å²) < 4.78 is 13.8. The number of fused-ring (bicyclic) bond motifs is 1. The lowest BCUT2D eigenvalue weighted by molar-refractivity contribution is 0.0936. The van der Waals surface area contributed by atoms with Gasteiger partial charge >= 0.3 is 0 Å². The van der Waals surface area contributed by atoms with Gasteiger partial charge in [-0.1, -0.05) is 12.1 Å². The Morgan fingerprint density at radius 1 is 1.26 bits per heavy atom. The predicted molar refractivity (Wildman–Crippen MR) is 116 cm³/mol. The molecular weight excluding hydrogens is 395 g/mol. The Balaban J connectivity index is 1.34. The fourth-order valence-corrected chi connectivity index (χ4v) is 4.27. The molecule has 0 saturated carbocycles. The summed E-state index contributed by atoms with van der Waals surface area (Å²) in [6.07, 6.45) is 8.69. The van der Waals surface area contributed by atoms with Gasteiger partial charge < -0.3 is 10.2 Å². The van der Waals surface area contributed by atoms with E-state index in [1.807, 2.05) is 31.3 Å². The molecule has 3 atom stereocenters. The lowest BCUT2D eigenvalue weighted by Gasteiger charge is -2.32. The van der Waals surface area contributed by atoms with Gasteiger partial charge in [0.2, 0.25) is 0 Å². The van der Waals surface area contributed by atoms with E-state index in [1.165, 1.54) is 6.07 Å². The van der Waals surface area contributed by atoms with Crippen LogP contribution in [-0.4, -0.2) is 51.6 Å². The van der Waals surface area contributed by atoms with Crippen molar-refractivity contribution in [3.05, 3.63) is 77.5 Å². The second kappa shape index (κ2) is 7.94. The number of amides is 1. The number of aromatic nitrogens is 1. The second-order valence-electron chi connectivity index (χ2n) is 7.96. The molecule has 1 aromatic heterocycles. The number of halogens is 1. The molecule has 1 fully saturated rings. The van der Waals surface area contributed by atoms with Gasteiger partial charge in [0.1, 0.15) is 17.7 Å². The minimum atomic E-state index is -0.357. The van der Waals surface area contributed by atoms with Crippen LogP contribution < -0.4 is 5.32 Å². The minimum Gasteiger partial charge on any atom is -0.350 e. The van der Waals surface area contributed by atoms with Crippen molar-refractivity contribution in [1.29, 1.82) is 0 Å². The zero-order chi connectivity index (χ0) is 21.4. The zero-order valence-electron chi connectivity index (χ0n) is 17.1. The van der Waals surface area contributed by atoms with Crippen LogP contribution in [0.1, 0.15) is 40.5 Å². The number of hydrazone groups is 1. The number of rotatable bonds is 3. The maximum absolute atomic E-state index is 13.8. The van der Waals surface area contributed by atoms with Crippen LogP contribution in [0.2, 0.25) is 0 Å². The number of aryl methyl sites for hydroxylation is 1. The molecule has 1 N–H and O–H groups in total. The van der Waals surface area contributed by atoms with Crippen LogP contribution >= 0.6 is 0 Å². The molecule has 2 aromatic rings. The molecule has 158 valence electrons. The number of hydrogen-bond acceptors (Lipinski definition) is 6. The summed E-state index contributed by atoms with van der Waals surface area (Å²) in [6, 6.07) is 10.1. The van der Waals surface area contributed by atoms with Crippen molar-refractivity contribution in [3.63, 3.8) is 0 Å². The van der Waals surface area contributed by atoms with E-state index in [9.17, 15) is 9.18 Å². The van der Waals surface area contributed by atoms with Gasteiger partial charge in [0, 0.05) is 24.6 Å². The largest absolute Gasteiger partial charge is 0.350 e. The van der Waals surface area contributed by atoms with Gasteiger partial charge in [-0.15, -0.1) is 0 Å². The Labute approximate surface area is 180 Å². The first-order chi connectivity index (χ1) is 15.1. The highest BCUT2D eigenvalue weighted by Gasteiger charge is 2.36. The summed E-state index contributed by atoms with van der Waals surface area (Å²) in [5.74, 6) is 0.389. The first-order valence-corrected chi connectivity index (χ1v) is 10.4. The van der Waals surface area contributed by atoms with Gasteiger partial charge in [-0.25, -0.2) is 14.4 Å². The number of nitrogens with zero attached hydrogens (tertiary/aromatic N) is 5.